The number of halogens is 1. The van der Waals surface area contributed by atoms with Gasteiger partial charge in [-0.3, -0.25) is 9.59 Å². The van der Waals surface area contributed by atoms with Crippen molar-refractivity contribution in [2.24, 2.45) is 5.92 Å². The smallest absolute Gasteiger partial charge is 0.245 e. The molecule has 1 aliphatic rings. The fourth-order valence-corrected chi connectivity index (χ4v) is 4.68. The van der Waals surface area contributed by atoms with E-state index in [1.165, 1.54) is 6.08 Å². The predicted octanol–water partition coefficient (Wildman–Crippen LogP) is 5.22. The number of nitrogens with zero attached hydrogens (tertiary/aromatic N) is 3. The molecule has 0 radical (unpaired) electrons. The molecular weight excluding hydrogens is 438 g/mol. The van der Waals surface area contributed by atoms with Crippen molar-refractivity contribution in [3.05, 3.63) is 78.8 Å². The van der Waals surface area contributed by atoms with Crippen LogP contribution in [0.2, 0.25) is 5.02 Å². The minimum atomic E-state index is -0.0828. The molecular formula is C26H22ClN3O3. The number of carbonyl (C=O) groups excluding carboxylic acids is 2. The Kier molecular flexibility index (Phi) is 5.60. The summed E-state index contributed by atoms with van der Waals surface area (Å²) in [5.74, 6) is 0.239. The van der Waals surface area contributed by atoms with E-state index in [1.807, 2.05) is 47.2 Å². The zero-order valence-electron chi connectivity index (χ0n) is 17.9. The highest BCUT2D eigenvalue weighted by molar-refractivity contribution is 6.33. The number of Topliss-reactive ketones (excluding diaryl/α,β-unsaturated/α-hetero) is 1. The first-order chi connectivity index (χ1) is 16.0. The Balaban J connectivity index is 1.45. The number of rotatable bonds is 7. The molecule has 1 amide bonds. The van der Waals surface area contributed by atoms with Crippen LogP contribution in [-0.2, 0) is 16.1 Å². The normalized spacial score (nSPS) is 13.8. The Hall–Kier alpha value is -3.64. The lowest BCUT2D eigenvalue weighted by Gasteiger charge is -2.38. The number of ketones is 1. The molecule has 2 aromatic heterocycles. The molecule has 0 aliphatic carbocycles. The van der Waals surface area contributed by atoms with Gasteiger partial charge in [0.25, 0.3) is 0 Å². The maximum Gasteiger partial charge on any atom is 0.245 e. The maximum absolute atomic E-state index is 12.9. The van der Waals surface area contributed by atoms with Crippen LogP contribution < -0.4 is 0 Å². The van der Waals surface area contributed by atoms with Crippen molar-refractivity contribution < 1.29 is 14.1 Å². The van der Waals surface area contributed by atoms with Crippen LogP contribution in [0.25, 0.3) is 33.2 Å². The Morgan fingerprint density at radius 1 is 1.15 bits per heavy atom. The van der Waals surface area contributed by atoms with Crippen LogP contribution in [-0.4, -0.2) is 39.4 Å². The SMILES string of the molecule is C=CC(=O)N1CC(CC(=O)Cn2cc(-c3cnoc3)c3ccc(-c4ccccc4Cl)cc32)C1. The first kappa shape index (κ1) is 21.2. The van der Waals surface area contributed by atoms with Gasteiger partial charge in [-0.05, 0) is 23.8 Å². The number of hydrogen-bond donors (Lipinski definition) is 0. The van der Waals surface area contributed by atoms with Gasteiger partial charge in [0.1, 0.15) is 6.26 Å². The fourth-order valence-electron chi connectivity index (χ4n) is 4.44. The van der Waals surface area contributed by atoms with Gasteiger partial charge in [0.2, 0.25) is 5.91 Å². The van der Waals surface area contributed by atoms with E-state index >= 15 is 0 Å². The van der Waals surface area contributed by atoms with E-state index in [9.17, 15) is 9.59 Å². The van der Waals surface area contributed by atoms with Crippen LogP contribution in [0.15, 0.2) is 78.3 Å². The van der Waals surface area contributed by atoms with Gasteiger partial charge in [-0.25, -0.2) is 0 Å². The summed E-state index contributed by atoms with van der Waals surface area (Å²) in [6, 6.07) is 13.8. The second-order valence-corrected chi connectivity index (χ2v) is 8.76. The van der Waals surface area contributed by atoms with E-state index in [-0.39, 0.29) is 24.2 Å². The van der Waals surface area contributed by atoms with Gasteiger partial charge in [0.15, 0.2) is 5.78 Å². The topological polar surface area (TPSA) is 68.3 Å². The average Bonchev–Trinajstić information content (AvgIpc) is 3.44. The van der Waals surface area contributed by atoms with Gasteiger partial charge in [-0.15, -0.1) is 0 Å². The summed E-state index contributed by atoms with van der Waals surface area (Å²) < 4.78 is 7.03. The van der Waals surface area contributed by atoms with Crippen LogP contribution >= 0.6 is 11.6 Å². The van der Waals surface area contributed by atoms with Crippen molar-refractivity contribution in [2.45, 2.75) is 13.0 Å². The molecule has 4 aromatic rings. The minimum absolute atomic E-state index is 0.0828. The van der Waals surface area contributed by atoms with Crippen LogP contribution in [0.5, 0.6) is 0 Å². The zero-order valence-corrected chi connectivity index (χ0v) is 18.7. The third kappa shape index (κ3) is 4.10. The van der Waals surface area contributed by atoms with Gasteiger partial charge >= 0.3 is 0 Å². The van der Waals surface area contributed by atoms with Crippen molar-refractivity contribution in [3.63, 3.8) is 0 Å². The lowest BCUT2D eigenvalue weighted by molar-refractivity contribution is -0.134. The van der Waals surface area contributed by atoms with Crippen LogP contribution in [0.1, 0.15) is 6.42 Å². The molecule has 7 heteroatoms. The molecule has 5 rings (SSSR count). The monoisotopic (exact) mass is 459 g/mol. The van der Waals surface area contributed by atoms with Gasteiger partial charge in [0, 0.05) is 64.2 Å². The standard InChI is InChI=1S/C26H22ClN3O3/c1-2-26(32)30-12-17(13-30)9-20(31)14-29-15-23(19-11-28-33-16-19)22-8-7-18(10-25(22)29)21-5-3-4-6-24(21)27/h2-8,10-11,15-17H,1,9,12-14H2. The maximum atomic E-state index is 12.9. The number of benzene rings is 2. The number of amides is 1. The van der Waals surface area contributed by atoms with Crippen LogP contribution in [0.4, 0.5) is 0 Å². The van der Waals surface area contributed by atoms with Crippen molar-refractivity contribution in [3.8, 4) is 22.3 Å². The van der Waals surface area contributed by atoms with Crippen molar-refractivity contribution in [1.82, 2.24) is 14.6 Å². The highest BCUT2D eigenvalue weighted by Crippen LogP contribution is 2.35. The highest BCUT2D eigenvalue weighted by Gasteiger charge is 2.30. The molecule has 1 saturated heterocycles. The molecule has 166 valence electrons. The van der Waals surface area contributed by atoms with Crippen molar-refractivity contribution >= 4 is 34.2 Å². The molecule has 1 fully saturated rings. The van der Waals surface area contributed by atoms with E-state index in [0.29, 0.717) is 24.5 Å². The number of carbonyl (C=O) groups is 2. The fraction of sp³-hybridized carbons (Fsp3) is 0.192. The summed E-state index contributed by atoms with van der Waals surface area (Å²) in [5, 5.41) is 5.51. The van der Waals surface area contributed by atoms with E-state index < -0.39 is 0 Å². The van der Waals surface area contributed by atoms with E-state index in [4.69, 9.17) is 16.1 Å². The molecule has 33 heavy (non-hydrogen) atoms. The quantitative estimate of drug-likeness (QED) is 0.355. The second-order valence-electron chi connectivity index (χ2n) is 8.35. The molecule has 1 aliphatic heterocycles. The molecule has 3 heterocycles. The van der Waals surface area contributed by atoms with Crippen molar-refractivity contribution in [1.29, 1.82) is 0 Å². The Morgan fingerprint density at radius 3 is 2.70 bits per heavy atom. The van der Waals surface area contributed by atoms with Gasteiger partial charge in [-0.1, -0.05) is 53.7 Å². The first-order valence-corrected chi connectivity index (χ1v) is 11.1. The molecule has 0 atom stereocenters. The Morgan fingerprint density at radius 2 is 1.97 bits per heavy atom. The highest BCUT2D eigenvalue weighted by atomic mass is 35.5. The minimum Gasteiger partial charge on any atom is -0.364 e. The Bertz CT molecular complexity index is 1350. The molecule has 2 aromatic carbocycles. The summed E-state index contributed by atoms with van der Waals surface area (Å²) in [7, 11) is 0. The molecule has 0 spiro atoms. The zero-order chi connectivity index (χ0) is 22.9. The predicted molar refractivity (Wildman–Crippen MR) is 128 cm³/mol. The molecule has 6 nitrogen and oxygen atoms in total. The summed E-state index contributed by atoms with van der Waals surface area (Å²) in [5.41, 5.74) is 4.67. The molecule has 0 unspecified atom stereocenters. The van der Waals surface area contributed by atoms with E-state index in [1.54, 1.807) is 17.4 Å². The molecule has 0 N–H and O–H groups in total. The van der Waals surface area contributed by atoms with Gasteiger partial charge < -0.3 is 14.0 Å². The lowest BCUT2D eigenvalue weighted by Crippen LogP contribution is -2.50. The van der Waals surface area contributed by atoms with E-state index in [0.717, 1.165) is 33.2 Å². The third-order valence-corrected chi connectivity index (χ3v) is 6.45. The van der Waals surface area contributed by atoms with Crippen molar-refractivity contribution in [2.75, 3.05) is 13.1 Å². The average molecular weight is 460 g/mol. The summed E-state index contributed by atoms with van der Waals surface area (Å²) in [4.78, 5) is 26.3. The number of likely N-dealkylation sites (tertiary alicyclic amines) is 1. The Labute approximate surface area is 196 Å². The van der Waals surface area contributed by atoms with E-state index in [2.05, 4.69) is 17.8 Å². The van der Waals surface area contributed by atoms with Crippen LogP contribution in [0.3, 0.4) is 0 Å². The van der Waals surface area contributed by atoms with Crippen LogP contribution in [0, 0.1) is 5.92 Å². The lowest BCUT2D eigenvalue weighted by atomic mass is 9.94. The molecule has 0 saturated carbocycles. The van der Waals surface area contributed by atoms with Gasteiger partial charge in [0.05, 0.1) is 12.7 Å². The second kappa shape index (κ2) is 8.71. The van der Waals surface area contributed by atoms with Gasteiger partial charge in [-0.2, -0.15) is 0 Å². The largest absolute Gasteiger partial charge is 0.364 e. The molecule has 0 bridgehead atoms. The third-order valence-electron chi connectivity index (χ3n) is 6.12. The number of hydrogen-bond acceptors (Lipinski definition) is 4. The summed E-state index contributed by atoms with van der Waals surface area (Å²) in [6.45, 7) is 4.97. The number of aromatic nitrogens is 2. The summed E-state index contributed by atoms with van der Waals surface area (Å²) >= 11 is 6.43. The number of fused-ring (bicyclic) bond motifs is 1. The first-order valence-electron chi connectivity index (χ1n) is 10.7. The summed E-state index contributed by atoms with van der Waals surface area (Å²) in [6.07, 6.45) is 6.99.